The van der Waals surface area contributed by atoms with Gasteiger partial charge in [-0.15, -0.1) is 0 Å². The summed E-state index contributed by atoms with van der Waals surface area (Å²) in [6.45, 7) is 1.97. The van der Waals surface area contributed by atoms with Crippen LogP contribution in [-0.2, 0) is 0 Å². The normalized spacial score (nSPS) is 11.6. The van der Waals surface area contributed by atoms with Crippen LogP contribution in [0.2, 0.25) is 0 Å². The van der Waals surface area contributed by atoms with Gasteiger partial charge in [-0.05, 0) is 41.1 Å². The Bertz CT molecular complexity index is 373. The van der Waals surface area contributed by atoms with E-state index in [4.69, 9.17) is 10.00 Å². The highest BCUT2D eigenvalue weighted by Crippen LogP contribution is 2.27. The molecule has 1 unspecified atom stereocenters. The largest absolute Gasteiger partial charge is 0.496 e. The highest BCUT2D eigenvalue weighted by atomic mass is 79.9. The Morgan fingerprint density at radius 2 is 2.33 bits per heavy atom. The van der Waals surface area contributed by atoms with Gasteiger partial charge in [-0.25, -0.2) is 0 Å². The van der Waals surface area contributed by atoms with Crippen molar-refractivity contribution >= 4 is 21.6 Å². The molecule has 3 nitrogen and oxygen atoms in total. The Hall–Kier alpha value is -1.21. The monoisotopic (exact) mass is 268 g/mol. The molecule has 4 heteroatoms. The van der Waals surface area contributed by atoms with E-state index < -0.39 is 0 Å². The standard InChI is InChI=1S/C11H13BrN2O/c1-8(5-6-13)14-9-3-4-11(15-2)10(12)7-9/h3-4,7-8,14H,5H2,1-2H3. The maximum atomic E-state index is 8.53. The molecule has 0 fully saturated rings. The number of nitriles is 1. The number of ether oxygens (including phenoxy) is 1. The molecule has 0 aliphatic heterocycles. The van der Waals surface area contributed by atoms with Crippen LogP contribution in [0.4, 0.5) is 5.69 Å². The molecular weight excluding hydrogens is 256 g/mol. The van der Waals surface area contributed by atoms with E-state index in [1.165, 1.54) is 0 Å². The van der Waals surface area contributed by atoms with Crippen molar-refractivity contribution in [3.05, 3.63) is 22.7 Å². The number of nitrogens with zero attached hydrogens (tertiary/aromatic N) is 1. The molecule has 0 amide bonds. The van der Waals surface area contributed by atoms with Crippen molar-refractivity contribution in [2.75, 3.05) is 12.4 Å². The van der Waals surface area contributed by atoms with E-state index in [-0.39, 0.29) is 6.04 Å². The lowest BCUT2D eigenvalue weighted by molar-refractivity contribution is 0.412. The van der Waals surface area contributed by atoms with Gasteiger partial charge in [0.15, 0.2) is 0 Å². The molecule has 0 aliphatic carbocycles. The van der Waals surface area contributed by atoms with Gasteiger partial charge >= 0.3 is 0 Å². The Labute approximate surface area is 98.2 Å². The maximum absolute atomic E-state index is 8.53. The molecule has 1 aromatic carbocycles. The number of hydrogen-bond donors (Lipinski definition) is 1. The Kier molecular flexibility index (Phi) is 4.44. The van der Waals surface area contributed by atoms with Gasteiger partial charge in [-0.3, -0.25) is 0 Å². The van der Waals surface area contributed by atoms with Crippen LogP contribution < -0.4 is 10.1 Å². The molecule has 80 valence electrons. The van der Waals surface area contributed by atoms with Gasteiger partial charge < -0.3 is 10.1 Å². The summed E-state index contributed by atoms with van der Waals surface area (Å²) in [5.41, 5.74) is 0.977. The van der Waals surface area contributed by atoms with Crippen LogP contribution in [0.15, 0.2) is 22.7 Å². The molecule has 0 aliphatic rings. The van der Waals surface area contributed by atoms with Gasteiger partial charge in [-0.2, -0.15) is 5.26 Å². The van der Waals surface area contributed by atoms with Crippen LogP contribution in [0.25, 0.3) is 0 Å². The third kappa shape index (κ3) is 3.45. The summed E-state index contributed by atoms with van der Waals surface area (Å²) < 4.78 is 6.03. The van der Waals surface area contributed by atoms with Gasteiger partial charge in [0.1, 0.15) is 5.75 Å². The molecule has 0 heterocycles. The fourth-order valence-corrected chi connectivity index (χ4v) is 1.77. The average molecular weight is 269 g/mol. The summed E-state index contributed by atoms with van der Waals surface area (Å²) in [6, 6.07) is 8.02. The lowest BCUT2D eigenvalue weighted by Crippen LogP contribution is -2.13. The highest BCUT2D eigenvalue weighted by molar-refractivity contribution is 9.10. The number of halogens is 1. The van der Waals surface area contributed by atoms with E-state index in [1.807, 2.05) is 25.1 Å². The van der Waals surface area contributed by atoms with E-state index in [1.54, 1.807) is 7.11 Å². The molecule has 1 aromatic rings. The fraction of sp³-hybridized carbons (Fsp3) is 0.364. The van der Waals surface area contributed by atoms with Crippen LogP contribution >= 0.6 is 15.9 Å². The molecule has 0 saturated carbocycles. The second-order valence-corrected chi connectivity index (χ2v) is 4.11. The van der Waals surface area contributed by atoms with Crippen molar-refractivity contribution in [1.82, 2.24) is 0 Å². The molecule has 0 aromatic heterocycles. The average Bonchev–Trinajstić information content (AvgIpc) is 2.18. The molecule has 1 N–H and O–H groups in total. The zero-order chi connectivity index (χ0) is 11.3. The summed E-state index contributed by atoms with van der Waals surface area (Å²) >= 11 is 3.41. The summed E-state index contributed by atoms with van der Waals surface area (Å²) in [4.78, 5) is 0. The number of anilines is 1. The van der Waals surface area contributed by atoms with Crippen molar-refractivity contribution in [3.8, 4) is 11.8 Å². The smallest absolute Gasteiger partial charge is 0.133 e. The van der Waals surface area contributed by atoms with Gasteiger partial charge in [0, 0.05) is 11.7 Å². The predicted molar refractivity (Wildman–Crippen MR) is 64.0 cm³/mol. The second kappa shape index (κ2) is 5.62. The quantitative estimate of drug-likeness (QED) is 0.913. The Balaban J connectivity index is 2.72. The molecule has 0 saturated heterocycles. The van der Waals surface area contributed by atoms with E-state index in [2.05, 4.69) is 27.3 Å². The SMILES string of the molecule is COc1ccc(NC(C)CC#N)cc1Br. The fourth-order valence-electron chi connectivity index (χ4n) is 1.23. The van der Waals surface area contributed by atoms with Gasteiger partial charge in [0.25, 0.3) is 0 Å². The van der Waals surface area contributed by atoms with Crippen molar-refractivity contribution in [2.24, 2.45) is 0 Å². The predicted octanol–water partition coefficient (Wildman–Crippen LogP) is 3.17. The summed E-state index contributed by atoms with van der Waals surface area (Å²) in [5.74, 6) is 0.800. The Morgan fingerprint density at radius 1 is 1.60 bits per heavy atom. The number of hydrogen-bond acceptors (Lipinski definition) is 3. The summed E-state index contributed by atoms with van der Waals surface area (Å²) in [5, 5.41) is 11.8. The van der Waals surface area contributed by atoms with E-state index in [0.29, 0.717) is 6.42 Å². The number of nitrogens with one attached hydrogen (secondary N) is 1. The summed E-state index contributed by atoms with van der Waals surface area (Å²) in [6.07, 6.45) is 0.490. The van der Waals surface area contributed by atoms with Gasteiger partial charge in [0.2, 0.25) is 0 Å². The molecular formula is C11H13BrN2O. The van der Waals surface area contributed by atoms with Crippen molar-refractivity contribution in [1.29, 1.82) is 5.26 Å². The first-order chi connectivity index (χ1) is 7.17. The number of benzene rings is 1. The highest BCUT2D eigenvalue weighted by Gasteiger charge is 2.04. The lowest BCUT2D eigenvalue weighted by atomic mass is 10.2. The first kappa shape index (κ1) is 11.9. The van der Waals surface area contributed by atoms with Crippen LogP contribution in [0.5, 0.6) is 5.75 Å². The topological polar surface area (TPSA) is 45.0 Å². The van der Waals surface area contributed by atoms with Crippen LogP contribution in [0.1, 0.15) is 13.3 Å². The molecule has 15 heavy (non-hydrogen) atoms. The molecule has 0 radical (unpaired) electrons. The molecule has 0 bridgehead atoms. The minimum absolute atomic E-state index is 0.148. The Morgan fingerprint density at radius 3 is 2.87 bits per heavy atom. The van der Waals surface area contributed by atoms with E-state index >= 15 is 0 Å². The minimum Gasteiger partial charge on any atom is -0.496 e. The molecule has 0 spiro atoms. The number of methoxy groups -OCH3 is 1. The number of rotatable bonds is 4. The van der Waals surface area contributed by atoms with Crippen molar-refractivity contribution in [3.63, 3.8) is 0 Å². The third-order valence-corrected chi connectivity index (χ3v) is 2.58. The van der Waals surface area contributed by atoms with Crippen molar-refractivity contribution < 1.29 is 4.74 Å². The third-order valence-electron chi connectivity index (χ3n) is 1.96. The van der Waals surface area contributed by atoms with Crippen LogP contribution in [0.3, 0.4) is 0 Å². The van der Waals surface area contributed by atoms with Crippen molar-refractivity contribution in [2.45, 2.75) is 19.4 Å². The molecule has 1 rings (SSSR count). The zero-order valence-electron chi connectivity index (χ0n) is 8.75. The first-order valence-electron chi connectivity index (χ1n) is 4.64. The first-order valence-corrected chi connectivity index (χ1v) is 5.43. The van der Waals surface area contributed by atoms with Crippen LogP contribution in [0, 0.1) is 11.3 Å². The summed E-state index contributed by atoms with van der Waals surface area (Å²) in [7, 11) is 1.63. The molecule has 1 atom stereocenters. The lowest BCUT2D eigenvalue weighted by Gasteiger charge is -2.13. The van der Waals surface area contributed by atoms with E-state index in [0.717, 1.165) is 15.9 Å². The van der Waals surface area contributed by atoms with E-state index in [9.17, 15) is 0 Å². The van der Waals surface area contributed by atoms with Crippen LogP contribution in [-0.4, -0.2) is 13.2 Å². The second-order valence-electron chi connectivity index (χ2n) is 3.26. The maximum Gasteiger partial charge on any atom is 0.133 e. The zero-order valence-corrected chi connectivity index (χ0v) is 10.3. The van der Waals surface area contributed by atoms with Gasteiger partial charge in [0.05, 0.1) is 24.1 Å². The minimum atomic E-state index is 0.148. The van der Waals surface area contributed by atoms with Gasteiger partial charge in [-0.1, -0.05) is 0 Å².